The van der Waals surface area contributed by atoms with E-state index < -0.39 is 11.1 Å². The Morgan fingerprint density at radius 1 is 0.434 bits per heavy atom. The number of nitrogens with one attached hydrogen (secondary N) is 4. The van der Waals surface area contributed by atoms with Gasteiger partial charge in [-0.2, -0.15) is 11.8 Å². The summed E-state index contributed by atoms with van der Waals surface area (Å²) in [5.74, 6) is 2.75. The molecule has 106 heavy (non-hydrogen) atoms. The summed E-state index contributed by atoms with van der Waals surface area (Å²) in [5.41, 5.74) is 0. The van der Waals surface area contributed by atoms with Crippen molar-refractivity contribution < 1.29 is 48.3 Å². The lowest BCUT2D eigenvalue weighted by molar-refractivity contribution is -0.118. The maximum Gasteiger partial charge on any atom is 0.409 e. The molecule has 2 amide bonds. The smallest absolute Gasteiger partial charge is 0.409 e. The van der Waals surface area contributed by atoms with Gasteiger partial charge < -0.3 is 75.3 Å². The molecule has 18 nitrogen and oxygen atoms in total. The maximum absolute atomic E-state index is 10.7. The summed E-state index contributed by atoms with van der Waals surface area (Å²) in [4.78, 5) is 29.0. The van der Waals surface area contributed by atoms with Crippen molar-refractivity contribution in [1.29, 1.82) is 0 Å². The monoisotopic (exact) mass is 1600 g/mol. The van der Waals surface area contributed by atoms with Crippen LogP contribution in [0.4, 0.5) is 4.79 Å². The highest BCUT2D eigenvalue weighted by Crippen LogP contribution is 2.06. The van der Waals surface area contributed by atoms with Crippen LogP contribution in [0.1, 0.15) is 385 Å². The molecule has 1 unspecified atom stereocenters. The SMILES string of the molecule is CC.CC.CC.CC.CC.CC.CC.CC.CC.CC.CC.CC.CC.CC.CC.CCC.CCCCSCCCC.CCN(CC)C(=O)OC.CCN(CC)C(C)C.CCN(CC)CC.CCN(CC)CCO.CCNCC.CCNCC.CNC(C)=O.CNCCCO.CO.CO.COC.CS(=O)[O-]. The lowest BCUT2D eigenvalue weighted by Gasteiger charge is -2.21. The Kier molecular flexibility index (Phi) is 677. The molecule has 0 aromatic rings. The minimum absolute atomic E-state index is 0.00463. The van der Waals surface area contributed by atoms with E-state index in [9.17, 15) is 9.59 Å². The molecule has 0 aromatic carbocycles. The number of likely N-dealkylation sites (N-methyl/N-ethyl adjacent to an activating group) is 1. The number of ether oxygens (including phenoxy) is 2. The number of amides is 2. The van der Waals surface area contributed by atoms with Gasteiger partial charge in [0.2, 0.25) is 5.91 Å². The van der Waals surface area contributed by atoms with E-state index in [0.717, 1.165) is 79.3 Å². The number of carbonyl (C=O) groups excluding carboxylic acids is 2. The normalized spacial score (nSPS) is 7.42. The van der Waals surface area contributed by atoms with Crippen LogP contribution in [-0.4, -0.2) is 246 Å². The lowest BCUT2D eigenvalue weighted by atomic mass is 10.3. The number of carbonyl (C=O) groups is 2. The van der Waals surface area contributed by atoms with Crippen molar-refractivity contribution in [3.05, 3.63) is 0 Å². The van der Waals surface area contributed by atoms with Crippen molar-refractivity contribution >= 4 is 34.8 Å². The Balaban J connectivity index is -0.0000000219. The molecular formula is C86H233N8O10S2-. The molecule has 0 spiro atoms. The minimum Gasteiger partial charge on any atom is -0.773 e. The van der Waals surface area contributed by atoms with Gasteiger partial charge in [-0.3, -0.25) is 9.00 Å². The Morgan fingerprint density at radius 2 is 0.651 bits per heavy atom. The van der Waals surface area contributed by atoms with Crippen LogP contribution >= 0.6 is 11.8 Å². The molecule has 8 N–H and O–H groups in total. The lowest BCUT2D eigenvalue weighted by Crippen LogP contribution is -2.30. The van der Waals surface area contributed by atoms with Crippen molar-refractivity contribution in [3.63, 3.8) is 0 Å². The molecule has 0 saturated heterocycles. The van der Waals surface area contributed by atoms with E-state index in [2.05, 4.69) is 175 Å². The first kappa shape index (κ1) is 197. The third-order valence-electron chi connectivity index (χ3n) is 8.61. The predicted octanol–water partition coefficient (Wildman–Crippen LogP) is 24.2. The average Bonchev–Trinajstić information content (AvgIpc) is 1.06. The molecular weight excluding hydrogens is 1370 g/mol. The zero-order chi connectivity index (χ0) is 93.2. The fourth-order valence-electron chi connectivity index (χ4n) is 4.27. The summed E-state index contributed by atoms with van der Waals surface area (Å²) in [5, 5.41) is 42.1. The molecule has 0 rings (SSSR count). The summed E-state index contributed by atoms with van der Waals surface area (Å²) < 4.78 is 26.7. The predicted molar refractivity (Wildman–Crippen MR) is 513 cm³/mol. The topological polar surface area (TPSA) is 235 Å². The third kappa shape index (κ3) is 531. The van der Waals surface area contributed by atoms with Gasteiger partial charge in [-0.1, -0.05) is 342 Å². The summed E-state index contributed by atoms with van der Waals surface area (Å²) in [6.07, 6.45) is 8.43. The first-order valence-electron chi connectivity index (χ1n) is 43.5. The van der Waals surface area contributed by atoms with Crippen LogP contribution < -0.4 is 21.3 Å². The van der Waals surface area contributed by atoms with E-state index in [1.807, 2.05) is 229 Å². The molecule has 0 radical (unpaired) electrons. The van der Waals surface area contributed by atoms with Gasteiger partial charge in [0.25, 0.3) is 0 Å². The minimum atomic E-state index is -1.86. The van der Waals surface area contributed by atoms with Gasteiger partial charge >= 0.3 is 6.09 Å². The fraction of sp³-hybridized carbons (Fsp3) is 0.977. The average molecular weight is 1600 g/mol. The number of unbranched alkanes of at least 4 members (excludes halogenated alkanes) is 2. The van der Waals surface area contributed by atoms with E-state index in [0.29, 0.717) is 25.7 Å². The zero-order valence-electron chi connectivity index (χ0n) is 86.1. The number of hydrogen-bond donors (Lipinski definition) is 8. The highest BCUT2D eigenvalue weighted by atomic mass is 32.2. The molecule has 20 heteroatoms. The number of hydrogen-bond acceptors (Lipinski definition) is 17. The summed E-state index contributed by atoms with van der Waals surface area (Å²) in [7, 11) is 10.1. The van der Waals surface area contributed by atoms with Crippen LogP contribution in [0.15, 0.2) is 0 Å². The second-order valence-electron chi connectivity index (χ2n) is 15.1. The van der Waals surface area contributed by atoms with Gasteiger partial charge in [0.05, 0.1) is 13.7 Å². The molecule has 0 fully saturated rings. The third-order valence-corrected chi connectivity index (χ3v) is 9.77. The summed E-state index contributed by atoms with van der Waals surface area (Å²) >= 11 is 0.241. The second-order valence-corrected chi connectivity index (χ2v) is 17.1. The van der Waals surface area contributed by atoms with E-state index in [1.54, 1.807) is 26.2 Å². The second kappa shape index (κ2) is 365. The molecule has 0 aromatic heterocycles. The first-order valence-corrected chi connectivity index (χ1v) is 46.2. The van der Waals surface area contributed by atoms with E-state index in [-0.39, 0.29) is 18.6 Å². The summed E-state index contributed by atoms with van der Waals surface area (Å²) in [6.45, 7) is 118. The van der Waals surface area contributed by atoms with Crippen LogP contribution in [0.5, 0.6) is 0 Å². The molecule has 0 saturated carbocycles. The van der Waals surface area contributed by atoms with Crippen molar-refractivity contribution in [2.75, 3.05) is 179 Å². The van der Waals surface area contributed by atoms with Crippen molar-refractivity contribution in [3.8, 4) is 0 Å². The maximum atomic E-state index is 10.7. The Labute approximate surface area is 689 Å². The Hall–Kier alpha value is -1.24. The standard InChI is InChI=1S/C8H18S.C7H17N.C6H13NO2.C6H15NO.C6H15N.C4H11NO.2C4H11N.C3H7NO.C3H8.C2H6O.15C2H6.CH4O2S.2CH4O/c1-3-5-7-9-8-6-4-2;1-5-8(6-2)7(3)4;1-4-7(5-2)6(8)9-3;1-3-7(4-2)5-6-8;1-4-7(5-2)6-3;1-5-3-2-4-6;2*1-3-5-4-2;1-3(5)4-2;2*1-3-2;15*1-2;1-4(2)3;2*1-2/h3-8H2,1-2H3;7H,5-6H2,1-4H3;4-5H2,1-3H3;8H,3-6H2,1-2H3;4-6H2,1-3H3;5-6H,2-4H2,1H3;2*5H,3-4H2,1-2H3;1-2H3,(H,4,5);3H2,1-2H3;1-2H3;15*1-2H3;1H3,(H,2,3);2*2H,1H3/p-1. The highest BCUT2D eigenvalue weighted by molar-refractivity contribution is 7.99. The molecule has 1 atom stereocenters. The number of aliphatic hydroxyl groups excluding tert-OH is 4. The number of methoxy groups -OCH3 is 2. The summed E-state index contributed by atoms with van der Waals surface area (Å²) in [6, 6.07) is 0.713. The van der Waals surface area contributed by atoms with Gasteiger partial charge in [-0.05, 0) is 150 Å². The van der Waals surface area contributed by atoms with Crippen molar-refractivity contribution in [1.82, 2.24) is 40.9 Å². The highest BCUT2D eigenvalue weighted by Gasteiger charge is 2.06. The zero-order valence-corrected chi connectivity index (χ0v) is 87.7. The molecule has 0 aliphatic rings. The molecule has 0 bridgehead atoms. The fourth-order valence-corrected chi connectivity index (χ4v) is 5.46. The number of rotatable bonds is 25. The Bertz CT molecular complexity index is 823. The molecule has 690 valence electrons. The van der Waals surface area contributed by atoms with Crippen LogP contribution in [0.2, 0.25) is 0 Å². The van der Waals surface area contributed by atoms with Crippen molar-refractivity contribution in [2.45, 2.75) is 391 Å². The van der Waals surface area contributed by atoms with E-state index in [1.165, 1.54) is 90.4 Å². The van der Waals surface area contributed by atoms with Crippen LogP contribution in [0.25, 0.3) is 0 Å². The van der Waals surface area contributed by atoms with E-state index in [4.69, 9.17) is 29.2 Å². The van der Waals surface area contributed by atoms with Gasteiger partial charge in [0.1, 0.15) is 0 Å². The molecule has 0 aliphatic heterocycles. The molecule has 0 aliphatic carbocycles. The van der Waals surface area contributed by atoms with Crippen LogP contribution in [0, 0.1) is 0 Å². The Morgan fingerprint density at radius 3 is 0.708 bits per heavy atom. The van der Waals surface area contributed by atoms with Gasteiger partial charge in [-0.25, -0.2) is 4.79 Å². The quantitative estimate of drug-likeness (QED) is 0.0313. The van der Waals surface area contributed by atoms with Crippen LogP contribution in [-0.2, 0) is 25.3 Å². The number of thioether (sulfide) groups is 1. The van der Waals surface area contributed by atoms with Gasteiger partial charge in [0.15, 0.2) is 0 Å². The molecule has 0 heterocycles. The van der Waals surface area contributed by atoms with Crippen molar-refractivity contribution in [2.24, 2.45) is 0 Å². The number of aliphatic hydroxyl groups is 4. The van der Waals surface area contributed by atoms with Crippen LogP contribution in [0.3, 0.4) is 0 Å². The number of nitrogens with zero attached hydrogens (tertiary/aromatic N) is 4. The first-order chi connectivity index (χ1) is 51.2. The van der Waals surface area contributed by atoms with Gasteiger partial charge in [-0.15, -0.1) is 0 Å². The van der Waals surface area contributed by atoms with Gasteiger partial charge in [0, 0.05) is 74.7 Å². The largest absolute Gasteiger partial charge is 0.773 e. The van der Waals surface area contributed by atoms with E-state index >= 15 is 0 Å².